The lowest BCUT2D eigenvalue weighted by molar-refractivity contribution is 0.319. The highest BCUT2D eigenvalue weighted by molar-refractivity contribution is 6.99. The Morgan fingerprint density at radius 1 is 1.27 bits per heavy atom. The van der Waals surface area contributed by atoms with Crippen LogP contribution in [0.4, 0.5) is 0 Å². The van der Waals surface area contributed by atoms with Crippen molar-refractivity contribution in [3.63, 3.8) is 0 Å². The predicted octanol–water partition coefficient (Wildman–Crippen LogP) is 2.07. The minimum Gasteiger partial charge on any atom is -0.410 e. The highest BCUT2D eigenvalue weighted by atomic mass is 32.1. The average molecular weight is 219 g/mol. The monoisotopic (exact) mass is 219 g/mol. The Hall–Kier alpha value is -1.75. The van der Waals surface area contributed by atoms with E-state index < -0.39 is 0 Å². The van der Waals surface area contributed by atoms with Gasteiger partial charge < -0.3 is 5.21 Å². The van der Waals surface area contributed by atoms with Crippen LogP contribution in [0, 0.1) is 6.92 Å². The van der Waals surface area contributed by atoms with E-state index in [0.29, 0.717) is 11.4 Å². The molecule has 0 fully saturated rings. The van der Waals surface area contributed by atoms with Crippen molar-refractivity contribution in [1.29, 1.82) is 0 Å². The number of hydrogen-bond donors (Lipinski definition) is 1. The molecule has 15 heavy (non-hydrogen) atoms. The number of benzene rings is 1. The molecule has 1 heterocycles. The summed E-state index contributed by atoms with van der Waals surface area (Å²) in [6, 6.07) is 9.41. The van der Waals surface area contributed by atoms with Gasteiger partial charge in [0.2, 0.25) is 0 Å². The van der Waals surface area contributed by atoms with Gasteiger partial charge in [-0.2, -0.15) is 8.75 Å². The summed E-state index contributed by atoms with van der Waals surface area (Å²) in [5, 5.41) is 12.3. The molecule has 0 saturated carbocycles. The van der Waals surface area contributed by atoms with Gasteiger partial charge >= 0.3 is 0 Å². The Labute approximate surface area is 91.2 Å². The summed E-state index contributed by atoms with van der Waals surface area (Å²) in [6.07, 6.45) is 0. The Morgan fingerprint density at radius 3 is 2.53 bits per heavy atom. The summed E-state index contributed by atoms with van der Waals surface area (Å²) in [6.45, 7) is 1.84. The molecule has 4 nitrogen and oxygen atoms in total. The van der Waals surface area contributed by atoms with Crippen LogP contribution in [0.1, 0.15) is 17.0 Å². The fraction of sp³-hybridized carbons (Fsp3) is 0.100. The van der Waals surface area contributed by atoms with Gasteiger partial charge in [-0.05, 0) is 6.92 Å². The van der Waals surface area contributed by atoms with Crippen molar-refractivity contribution in [2.45, 2.75) is 6.92 Å². The molecule has 1 aromatic heterocycles. The zero-order valence-electron chi connectivity index (χ0n) is 8.08. The summed E-state index contributed by atoms with van der Waals surface area (Å²) < 4.78 is 8.15. The van der Waals surface area contributed by atoms with E-state index in [-0.39, 0.29) is 0 Å². The lowest BCUT2D eigenvalue weighted by Crippen LogP contribution is -2.05. The van der Waals surface area contributed by atoms with Crippen molar-refractivity contribution in [1.82, 2.24) is 8.75 Å². The topological polar surface area (TPSA) is 58.4 Å². The Bertz CT molecular complexity index is 478. The zero-order valence-corrected chi connectivity index (χ0v) is 8.90. The molecule has 0 unspecified atom stereocenters. The van der Waals surface area contributed by atoms with Crippen LogP contribution in [0.5, 0.6) is 0 Å². The van der Waals surface area contributed by atoms with Crippen LogP contribution in [0.25, 0.3) is 0 Å². The first-order valence-electron chi connectivity index (χ1n) is 4.40. The molecule has 76 valence electrons. The van der Waals surface area contributed by atoms with Gasteiger partial charge in [-0.15, -0.1) is 0 Å². The van der Waals surface area contributed by atoms with E-state index in [1.165, 1.54) is 0 Å². The molecule has 0 atom stereocenters. The Morgan fingerprint density at radius 2 is 2.00 bits per heavy atom. The second kappa shape index (κ2) is 4.18. The summed E-state index contributed by atoms with van der Waals surface area (Å²) in [4.78, 5) is 0. The standard InChI is InChI=1S/C10H9N3OS/c1-7-9(13-15-12-7)10(11-14)8-5-3-2-4-6-8/h2-6,14H,1H3/b11-10-. The lowest BCUT2D eigenvalue weighted by atomic mass is 10.1. The third kappa shape index (κ3) is 1.87. The number of aryl methyl sites for hydroxylation is 1. The van der Waals surface area contributed by atoms with Crippen molar-refractivity contribution < 1.29 is 5.21 Å². The third-order valence-electron chi connectivity index (χ3n) is 2.02. The van der Waals surface area contributed by atoms with Crippen molar-refractivity contribution >= 4 is 17.4 Å². The number of aromatic nitrogens is 2. The SMILES string of the molecule is Cc1nsnc1/C(=N\O)c1ccccc1. The maximum Gasteiger partial charge on any atom is 0.138 e. The number of nitrogens with zero attached hydrogens (tertiary/aromatic N) is 3. The molecular formula is C10H9N3OS. The van der Waals surface area contributed by atoms with E-state index >= 15 is 0 Å². The summed E-state index contributed by atoms with van der Waals surface area (Å²) in [7, 11) is 0. The third-order valence-corrected chi connectivity index (χ3v) is 2.64. The first kappa shape index (κ1) is 9.79. The molecule has 5 heteroatoms. The van der Waals surface area contributed by atoms with Gasteiger partial charge in [0.15, 0.2) is 0 Å². The molecule has 0 aliphatic carbocycles. The maximum atomic E-state index is 9.00. The summed E-state index contributed by atoms with van der Waals surface area (Å²) in [5.41, 5.74) is 2.70. The minimum absolute atomic E-state index is 0.460. The minimum atomic E-state index is 0.460. The van der Waals surface area contributed by atoms with Gasteiger partial charge in [0.25, 0.3) is 0 Å². The van der Waals surface area contributed by atoms with Gasteiger partial charge in [-0.25, -0.2) is 0 Å². The van der Waals surface area contributed by atoms with Crippen LogP contribution in [-0.4, -0.2) is 19.7 Å². The molecular weight excluding hydrogens is 210 g/mol. The van der Waals surface area contributed by atoms with Gasteiger partial charge in [0, 0.05) is 5.56 Å². The molecule has 0 radical (unpaired) electrons. The summed E-state index contributed by atoms with van der Waals surface area (Å²) in [5.74, 6) is 0. The maximum absolute atomic E-state index is 9.00. The fourth-order valence-electron chi connectivity index (χ4n) is 1.28. The zero-order chi connectivity index (χ0) is 10.7. The van der Waals surface area contributed by atoms with Crippen LogP contribution >= 0.6 is 11.7 Å². The predicted molar refractivity (Wildman–Crippen MR) is 58.5 cm³/mol. The van der Waals surface area contributed by atoms with Crippen LogP contribution < -0.4 is 0 Å². The Kier molecular flexibility index (Phi) is 2.73. The molecule has 1 aromatic carbocycles. The molecule has 1 N–H and O–H groups in total. The smallest absolute Gasteiger partial charge is 0.138 e. The molecule has 0 bridgehead atoms. The largest absolute Gasteiger partial charge is 0.410 e. The number of oxime groups is 1. The second-order valence-electron chi connectivity index (χ2n) is 3.01. The molecule has 0 aliphatic rings. The van der Waals surface area contributed by atoms with Crippen molar-refractivity contribution in [2.24, 2.45) is 5.16 Å². The van der Waals surface area contributed by atoms with Crippen LogP contribution in [-0.2, 0) is 0 Å². The van der Waals surface area contributed by atoms with E-state index in [2.05, 4.69) is 13.9 Å². The number of rotatable bonds is 2. The van der Waals surface area contributed by atoms with Gasteiger partial charge in [-0.1, -0.05) is 35.5 Å². The highest BCUT2D eigenvalue weighted by Gasteiger charge is 2.13. The van der Waals surface area contributed by atoms with E-state index in [1.807, 2.05) is 37.3 Å². The number of hydrogen-bond acceptors (Lipinski definition) is 5. The molecule has 0 spiro atoms. The van der Waals surface area contributed by atoms with Crippen molar-refractivity contribution in [3.05, 3.63) is 47.3 Å². The molecule has 2 rings (SSSR count). The summed E-state index contributed by atoms with van der Waals surface area (Å²) >= 11 is 1.11. The average Bonchev–Trinajstić information content (AvgIpc) is 2.68. The molecule has 0 aliphatic heterocycles. The van der Waals surface area contributed by atoms with Crippen LogP contribution in [0.2, 0.25) is 0 Å². The Balaban J connectivity index is 2.48. The van der Waals surface area contributed by atoms with Crippen molar-refractivity contribution in [3.8, 4) is 0 Å². The quantitative estimate of drug-likeness (QED) is 0.478. The van der Waals surface area contributed by atoms with Gasteiger partial charge in [-0.3, -0.25) is 0 Å². The van der Waals surface area contributed by atoms with Gasteiger partial charge in [0.05, 0.1) is 17.4 Å². The van der Waals surface area contributed by atoms with Crippen LogP contribution in [0.15, 0.2) is 35.5 Å². The fourth-order valence-corrected chi connectivity index (χ4v) is 1.83. The molecule has 0 amide bonds. The first-order chi connectivity index (χ1) is 7.33. The van der Waals surface area contributed by atoms with Gasteiger partial charge in [0.1, 0.15) is 11.4 Å². The van der Waals surface area contributed by atoms with E-state index in [1.54, 1.807) is 0 Å². The first-order valence-corrected chi connectivity index (χ1v) is 5.13. The molecule has 0 saturated heterocycles. The lowest BCUT2D eigenvalue weighted by Gasteiger charge is -2.00. The highest BCUT2D eigenvalue weighted by Crippen LogP contribution is 2.12. The van der Waals surface area contributed by atoms with Crippen molar-refractivity contribution in [2.75, 3.05) is 0 Å². The van der Waals surface area contributed by atoms with Crippen LogP contribution in [0.3, 0.4) is 0 Å². The van der Waals surface area contributed by atoms with E-state index in [0.717, 1.165) is 23.0 Å². The second-order valence-corrected chi connectivity index (χ2v) is 3.54. The normalized spacial score (nSPS) is 11.7. The van der Waals surface area contributed by atoms with E-state index in [9.17, 15) is 0 Å². The van der Waals surface area contributed by atoms with E-state index in [4.69, 9.17) is 5.21 Å². The molecule has 2 aromatic rings.